The number of aliphatic hydroxyl groups excluding tert-OH is 1. The SMILES string of the molecule is CCN(CC)CCN1C(=O)C(=O)/C(=C(\O)c2ccccc2)C1c1ccc(F)cc1. The summed E-state index contributed by atoms with van der Waals surface area (Å²) in [5.74, 6) is -2.00. The van der Waals surface area contributed by atoms with E-state index in [0.29, 0.717) is 24.2 Å². The average molecular weight is 396 g/mol. The number of benzene rings is 2. The number of carbonyl (C=O) groups excluding carboxylic acids is 2. The third-order valence-electron chi connectivity index (χ3n) is 5.32. The molecule has 1 fully saturated rings. The normalized spacial score (nSPS) is 18.6. The van der Waals surface area contributed by atoms with Crippen molar-refractivity contribution in [1.29, 1.82) is 0 Å². The van der Waals surface area contributed by atoms with Crippen molar-refractivity contribution >= 4 is 17.4 Å². The van der Waals surface area contributed by atoms with Crippen LogP contribution in [-0.4, -0.2) is 52.8 Å². The molecule has 1 atom stereocenters. The van der Waals surface area contributed by atoms with E-state index in [9.17, 15) is 19.1 Å². The Bertz CT molecular complexity index is 905. The van der Waals surface area contributed by atoms with E-state index in [2.05, 4.69) is 4.90 Å². The molecule has 0 saturated carbocycles. The van der Waals surface area contributed by atoms with Gasteiger partial charge in [0.2, 0.25) is 0 Å². The first-order valence-corrected chi connectivity index (χ1v) is 9.79. The Morgan fingerprint density at radius 1 is 1.03 bits per heavy atom. The van der Waals surface area contributed by atoms with Crippen molar-refractivity contribution in [3.63, 3.8) is 0 Å². The van der Waals surface area contributed by atoms with Gasteiger partial charge < -0.3 is 14.9 Å². The molecule has 152 valence electrons. The van der Waals surface area contributed by atoms with Crippen LogP contribution in [0.4, 0.5) is 4.39 Å². The van der Waals surface area contributed by atoms with Crippen LogP contribution in [0.5, 0.6) is 0 Å². The summed E-state index contributed by atoms with van der Waals surface area (Å²) >= 11 is 0. The maximum Gasteiger partial charge on any atom is 0.295 e. The predicted molar refractivity (Wildman–Crippen MR) is 110 cm³/mol. The number of hydrogen-bond acceptors (Lipinski definition) is 4. The molecule has 3 rings (SSSR count). The largest absolute Gasteiger partial charge is 0.507 e. The Morgan fingerprint density at radius 2 is 1.66 bits per heavy atom. The highest BCUT2D eigenvalue weighted by Gasteiger charge is 2.45. The lowest BCUT2D eigenvalue weighted by Crippen LogP contribution is -2.38. The van der Waals surface area contributed by atoms with Crippen LogP contribution >= 0.6 is 0 Å². The number of aliphatic hydroxyl groups is 1. The number of halogens is 1. The first-order valence-electron chi connectivity index (χ1n) is 9.79. The number of rotatable bonds is 7. The van der Waals surface area contributed by atoms with Crippen molar-refractivity contribution in [2.24, 2.45) is 0 Å². The van der Waals surface area contributed by atoms with Gasteiger partial charge >= 0.3 is 0 Å². The molecule has 1 aliphatic rings. The van der Waals surface area contributed by atoms with E-state index in [1.165, 1.54) is 17.0 Å². The van der Waals surface area contributed by atoms with E-state index < -0.39 is 23.5 Å². The smallest absolute Gasteiger partial charge is 0.295 e. The fourth-order valence-electron chi connectivity index (χ4n) is 3.64. The maximum atomic E-state index is 13.5. The zero-order valence-corrected chi connectivity index (χ0v) is 16.6. The molecule has 1 heterocycles. The van der Waals surface area contributed by atoms with E-state index in [4.69, 9.17) is 0 Å². The van der Waals surface area contributed by atoms with Gasteiger partial charge in [-0.15, -0.1) is 0 Å². The molecular weight excluding hydrogens is 371 g/mol. The third-order valence-corrected chi connectivity index (χ3v) is 5.32. The number of amides is 1. The second-order valence-electron chi connectivity index (χ2n) is 6.94. The molecule has 1 N–H and O–H groups in total. The highest BCUT2D eigenvalue weighted by molar-refractivity contribution is 6.46. The molecule has 5 nitrogen and oxygen atoms in total. The van der Waals surface area contributed by atoms with Crippen LogP contribution in [0.1, 0.15) is 31.0 Å². The molecule has 0 aliphatic carbocycles. The van der Waals surface area contributed by atoms with E-state index in [-0.39, 0.29) is 11.3 Å². The minimum absolute atomic E-state index is 0.0346. The van der Waals surface area contributed by atoms with E-state index >= 15 is 0 Å². The number of hydrogen-bond donors (Lipinski definition) is 1. The molecule has 2 aromatic carbocycles. The van der Waals surface area contributed by atoms with Gasteiger partial charge in [0.25, 0.3) is 11.7 Å². The Morgan fingerprint density at radius 3 is 2.24 bits per heavy atom. The van der Waals surface area contributed by atoms with Crippen molar-refractivity contribution in [2.45, 2.75) is 19.9 Å². The summed E-state index contributed by atoms with van der Waals surface area (Å²) in [6.45, 7) is 6.65. The van der Waals surface area contributed by atoms with Crippen LogP contribution in [0.3, 0.4) is 0 Å². The summed E-state index contributed by atoms with van der Waals surface area (Å²) in [5.41, 5.74) is 1.08. The zero-order chi connectivity index (χ0) is 21.0. The number of ketones is 1. The maximum absolute atomic E-state index is 13.5. The average Bonchev–Trinajstić information content (AvgIpc) is 3.00. The minimum atomic E-state index is -0.758. The first-order chi connectivity index (χ1) is 14.0. The lowest BCUT2D eigenvalue weighted by molar-refractivity contribution is -0.140. The highest BCUT2D eigenvalue weighted by atomic mass is 19.1. The predicted octanol–water partition coefficient (Wildman–Crippen LogP) is 3.59. The van der Waals surface area contributed by atoms with E-state index in [1.807, 2.05) is 13.8 Å². The fourth-order valence-corrected chi connectivity index (χ4v) is 3.64. The summed E-state index contributed by atoms with van der Waals surface area (Å²) in [6.07, 6.45) is 0. The molecule has 0 bridgehead atoms. The van der Waals surface area contributed by atoms with Crippen LogP contribution < -0.4 is 0 Å². The molecule has 0 spiro atoms. The van der Waals surface area contributed by atoms with Gasteiger partial charge in [-0.1, -0.05) is 56.3 Å². The van der Waals surface area contributed by atoms with Crippen LogP contribution in [0.2, 0.25) is 0 Å². The quantitative estimate of drug-likeness (QED) is 0.441. The Balaban J connectivity index is 2.07. The molecule has 6 heteroatoms. The van der Waals surface area contributed by atoms with Crippen molar-refractivity contribution in [3.05, 3.63) is 77.1 Å². The summed E-state index contributed by atoms with van der Waals surface area (Å²) in [7, 11) is 0. The van der Waals surface area contributed by atoms with Crippen LogP contribution in [-0.2, 0) is 9.59 Å². The molecule has 0 radical (unpaired) electrons. The van der Waals surface area contributed by atoms with Crippen LogP contribution in [0.25, 0.3) is 5.76 Å². The highest BCUT2D eigenvalue weighted by Crippen LogP contribution is 2.39. The van der Waals surface area contributed by atoms with Gasteiger partial charge in [-0.3, -0.25) is 9.59 Å². The molecule has 0 aromatic heterocycles. The van der Waals surface area contributed by atoms with E-state index in [1.54, 1.807) is 42.5 Å². The lowest BCUT2D eigenvalue weighted by atomic mass is 9.95. The number of carbonyl (C=O) groups is 2. The summed E-state index contributed by atoms with van der Waals surface area (Å²) < 4.78 is 13.5. The number of nitrogens with zero attached hydrogens (tertiary/aromatic N) is 2. The van der Waals surface area contributed by atoms with Gasteiger partial charge in [0.05, 0.1) is 11.6 Å². The molecule has 1 saturated heterocycles. The Hall–Kier alpha value is -2.99. The molecular formula is C23H25FN2O3. The van der Waals surface area contributed by atoms with Gasteiger partial charge in [-0.25, -0.2) is 4.39 Å². The summed E-state index contributed by atoms with van der Waals surface area (Å²) in [6, 6.07) is 13.6. The first kappa shape index (κ1) is 20.7. The fraction of sp³-hybridized carbons (Fsp3) is 0.304. The van der Waals surface area contributed by atoms with Gasteiger partial charge in [-0.05, 0) is 30.8 Å². The zero-order valence-electron chi connectivity index (χ0n) is 16.6. The van der Waals surface area contributed by atoms with Crippen LogP contribution in [0, 0.1) is 5.82 Å². The molecule has 29 heavy (non-hydrogen) atoms. The molecule has 1 unspecified atom stereocenters. The Kier molecular flexibility index (Phi) is 6.44. The van der Waals surface area contributed by atoms with Crippen LogP contribution in [0.15, 0.2) is 60.2 Å². The number of Topliss-reactive ketones (excluding diaryl/α,β-unsaturated/α-hetero) is 1. The van der Waals surface area contributed by atoms with Crippen molar-refractivity contribution in [1.82, 2.24) is 9.80 Å². The molecule has 1 aliphatic heterocycles. The lowest BCUT2D eigenvalue weighted by Gasteiger charge is -2.28. The topological polar surface area (TPSA) is 60.9 Å². The standard InChI is InChI=1S/C23H25FN2O3/c1-3-25(4-2)14-15-26-20(16-10-12-18(24)13-11-16)19(22(28)23(26)29)21(27)17-8-6-5-7-9-17/h5-13,20,27H,3-4,14-15H2,1-2H3/b21-19-. The minimum Gasteiger partial charge on any atom is -0.507 e. The second kappa shape index (κ2) is 9.01. The van der Waals surface area contributed by atoms with Gasteiger partial charge in [0, 0.05) is 18.7 Å². The third kappa shape index (κ3) is 4.22. The summed E-state index contributed by atoms with van der Waals surface area (Å²) in [5, 5.41) is 10.9. The molecule has 1 amide bonds. The summed E-state index contributed by atoms with van der Waals surface area (Å²) in [4.78, 5) is 29.3. The van der Waals surface area contributed by atoms with E-state index in [0.717, 1.165) is 13.1 Å². The number of likely N-dealkylation sites (tertiary alicyclic amines) is 1. The van der Waals surface area contributed by atoms with Crippen molar-refractivity contribution in [3.8, 4) is 0 Å². The molecule has 2 aromatic rings. The van der Waals surface area contributed by atoms with Crippen molar-refractivity contribution < 1.29 is 19.1 Å². The second-order valence-corrected chi connectivity index (χ2v) is 6.94. The Labute approximate surface area is 170 Å². The van der Waals surface area contributed by atoms with Gasteiger partial charge in [-0.2, -0.15) is 0 Å². The monoisotopic (exact) mass is 396 g/mol. The van der Waals surface area contributed by atoms with Crippen molar-refractivity contribution in [2.75, 3.05) is 26.2 Å². The van der Waals surface area contributed by atoms with Gasteiger partial charge in [0.1, 0.15) is 11.6 Å². The van der Waals surface area contributed by atoms with Gasteiger partial charge in [0.15, 0.2) is 0 Å². The number of likely N-dealkylation sites (N-methyl/N-ethyl adjacent to an activating group) is 1.